The van der Waals surface area contributed by atoms with Gasteiger partial charge in [-0.1, -0.05) is 17.7 Å². The number of carbonyl (C=O) groups excluding carboxylic acids is 1. The largest absolute Gasteiger partial charge is 0.586 e. The molecule has 3 aliphatic rings. The second kappa shape index (κ2) is 4.96. The van der Waals surface area contributed by atoms with Crippen LogP contribution in [0.2, 0.25) is 0 Å². The van der Waals surface area contributed by atoms with E-state index in [1.807, 2.05) is 19.1 Å². The maximum Gasteiger partial charge on any atom is 0.586 e. The van der Waals surface area contributed by atoms with Crippen molar-refractivity contribution in [1.29, 1.82) is 0 Å². The average molecular weight is 334 g/mol. The van der Waals surface area contributed by atoms with Gasteiger partial charge in [0.2, 0.25) is 5.91 Å². The molecule has 0 aromatic heterocycles. The van der Waals surface area contributed by atoms with Crippen LogP contribution in [0.4, 0.5) is 8.78 Å². The summed E-state index contributed by atoms with van der Waals surface area (Å²) >= 11 is 0. The van der Waals surface area contributed by atoms with E-state index in [0.29, 0.717) is 24.9 Å². The molecule has 24 heavy (non-hydrogen) atoms. The fourth-order valence-corrected chi connectivity index (χ4v) is 3.02. The number of nitrogens with zero attached hydrogens (tertiary/aromatic N) is 1. The van der Waals surface area contributed by atoms with E-state index < -0.39 is 11.7 Å². The van der Waals surface area contributed by atoms with Crippen molar-refractivity contribution in [3.05, 3.63) is 47.7 Å². The van der Waals surface area contributed by atoms with Crippen molar-refractivity contribution < 1.29 is 23.0 Å². The monoisotopic (exact) mass is 334 g/mol. The summed E-state index contributed by atoms with van der Waals surface area (Å²) in [6.45, 7) is 2.60. The maximum atomic E-state index is 13.1. The van der Waals surface area contributed by atoms with Gasteiger partial charge in [0, 0.05) is 6.20 Å². The predicted octanol–water partition coefficient (Wildman–Crippen LogP) is 2.85. The summed E-state index contributed by atoms with van der Waals surface area (Å²) in [5, 5.41) is 1.72. The third kappa shape index (κ3) is 2.50. The molecule has 1 aliphatic carbocycles. The molecular weight excluding hydrogens is 318 g/mol. The van der Waals surface area contributed by atoms with Gasteiger partial charge in [0.05, 0.1) is 12.0 Å². The molecule has 0 saturated heterocycles. The quantitative estimate of drug-likeness (QED) is 0.923. The van der Waals surface area contributed by atoms with Crippen LogP contribution in [0.3, 0.4) is 0 Å². The second-order valence-corrected chi connectivity index (χ2v) is 6.33. The summed E-state index contributed by atoms with van der Waals surface area (Å²) in [7, 11) is 0. The first kappa shape index (κ1) is 15.0. The number of amides is 1. The van der Waals surface area contributed by atoms with Gasteiger partial charge in [0.15, 0.2) is 11.5 Å². The fraction of sp³-hybridized carbons (Fsp3) is 0.353. The van der Waals surface area contributed by atoms with E-state index in [1.54, 1.807) is 17.3 Å². The minimum atomic E-state index is -3.65. The zero-order valence-electron chi connectivity index (χ0n) is 13.0. The Labute approximate surface area is 137 Å². The van der Waals surface area contributed by atoms with E-state index in [9.17, 15) is 13.6 Å². The molecule has 4 rings (SSSR count). The van der Waals surface area contributed by atoms with Crippen molar-refractivity contribution in [3.8, 4) is 11.5 Å². The van der Waals surface area contributed by atoms with E-state index in [0.717, 1.165) is 5.57 Å². The molecule has 1 aromatic carbocycles. The van der Waals surface area contributed by atoms with Gasteiger partial charge in [0.1, 0.15) is 0 Å². The Morgan fingerprint density at radius 3 is 2.71 bits per heavy atom. The van der Waals surface area contributed by atoms with Gasteiger partial charge in [-0.2, -0.15) is 0 Å². The van der Waals surface area contributed by atoms with Crippen LogP contribution in [-0.4, -0.2) is 23.8 Å². The van der Waals surface area contributed by atoms with Gasteiger partial charge in [-0.05, 0) is 43.5 Å². The van der Waals surface area contributed by atoms with Crippen LogP contribution in [0, 0.1) is 0 Å². The molecule has 1 N–H and O–H groups in total. The summed E-state index contributed by atoms with van der Waals surface area (Å²) < 4.78 is 35.2. The van der Waals surface area contributed by atoms with Crippen LogP contribution < -0.4 is 14.9 Å². The van der Waals surface area contributed by atoms with E-state index in [1.165, 1.54) is 12.1 Å². The van der Waals surface area contributed by atoms with Gasteiger partial charge >= 0.3 is 6.29 Å². The Morgan fingerprint density at radius 2 is 2.00 bits per heavy atom. The molecule has 1 aromatic rings. The fourth-order valence-electron chi connectivity index (χ4n) is 3.02. The zero-order valence-corrected chi connectivity index (χ0v) is 13.0. The lowest BCUT2D eigenvalue weighted by molar-refractivity contribution is -0.286. The Bertz CT molecular complexity index is 769. The molecule has 0 bridgehead atoms. The van der Waals surface area contributed by atoms with Crippen LogP contribution >= 0.6 is 0 Å². The summed E-state index contributed by atoms with van der Waals surface area (Å²) in [5.74, 6) is -0.194. The summed E-state index contributed by atoms with van der Waals surface area (Å²) in [6.07, 6.45) is 3.32. The van der Waals surface area contributed by atoms with Crippen LogP contribution in [0.1, 0.15) is 25.3 Å². The van der Waals surface area contributed by atoms with Gasteiger partial charge in [-0.25, -0.2) is 0 Å². The number of benzene rings is 1. The standard InChI is InChI=1S/C17H16F2N2O3/c1-11-3-2-8-21(10-11)20-15(22)16(6-7-16)12-4-5-13-14(9-12)24-17(18,19)23-13/h2-5,8-9H,6-7,10H2,1H3,(H,20,22). The molecule has 126 valence electrons. The minimum absolute atomic E-state index is 0.0142. The van der Waals surface area contributed by atoms with Crippen molar-refractivity contribution in [2.24, 2.45) is 0 Å². The Hall–Kier alpha value is -2.57. The number of halogens is 2. The van der Waals surface area contributed by atoms with Gasteiger partial charge in [0.25, 0.3) is 0 Å². The predicted molar refractivity (Wildman–Crippen MR) is 81.3 cm³/mol. The second-order valence-electron chi connectivity index (χ2n) is 6.33. The molecule has 0 unspecified atom stereocenters. The molecule has 0 spiro atoms. The average Bonchev–Trinajstić information content (AvgIpc) is 3.24. The molecule has 5 nitrogen and oxygen atoms in total. The highest BCUT2D eigenvalue weighted by atomic mass is 19.3. The number of rotatable bonds is 3. The Kier molecular flexibility index (Phi) is 3.10. The Balaban J connectivity index is 1.53. The highest BCUT2D eigenvalue weighted by Crippen LogP contribution is 2.51. The van der Waals surface area contributed by atoms with Gasteiger partial charge in [-0.3, -0.25) is 15.2 Å². The molecular formula is C17H16F2N2O3. The number of carbonyl (C=O) groups is 1. The minimum Gasteiger partial charge on any atom is -0.395 e. The molecule has 0 radical (unpaired) electrons. The highest BCUT2D eigenvalue weighted by molar-refractivity contribution is 5.91. The first-order valence-corrected chi connectivity index (χ1v) is 7.70. The zero-order chi connectivity index (χ0) is 16.9. The smallest absolute Gasteiger partial charge is 0.395 e. The number of ether oxygens (including phenoxy) is 2. The van der Waals surface area contributed by atoms with E-state index in [4.69, 9.17) is 0 Å². The van der Waals surface area contributed by atoms with E-state index in [2.05, 4.69) is 14.9 Å². The lowest BCUT2D eigenvalue weighted by Crippen LogP contribution is -2.45. The van der Waals surface area contributed by atoms with Crippen molar-refractivity contribution in [1.82, 2.24) is 10.4 Å². The third-order valence-corrected chi connectivity index (χ3v) is 4.45. The van der Waals surface area contributed by atoms with Gasteiger partial charge < -0.3 is 9.47 Å². The molecule has 1 saturated carbocycles. The van der Waals surface area contributed by atoms with Crippen molar-refractivity contribution in [3.63, 3.8) is 0 Å². The summed E-state index contributed by atoms with van der Waals surface area (Å²) in [5.41, 5.74) is 3.98. The normalized spacial score (nSPS) is 22.1. The molecule has 0 atom stereocenters. The lowest BCUT2D eigenvalue weighted by Gasteiger charge is -2.26. The maximum absolute atomic E-state index is 13.1. The first-order valence-electron chi connectivity index (χ1n) is 7.70. The topological polar surface area (TPSA) is 50.8 Å². The number of hydrogen-bond donors (Lipinski definition) is 1. The summed E-state index contributed by atoms with van der Waals surface area (Å²) in [4.78, 5) is 12.7. The highest BCUT2D eigenvalue weighted by Gasteiger charge is 2.53. The molecule has 1 fully saturated rings. The number of alkyl halides is 2. The summed E-state index contributed by atoms with van der Waals surface area (Å²) in [6, 6.07) is 4.54. The lowest BCUT2D eigenvalue weighted by atomic mass is 9.95. The Morgan fingerprint density at radius 1 is 1.25 bits per heavy atom. The van der Waals surface area contributed by atoms with Gasteiger partial charge in [-0.15, -0.1) is 8.78 Å². The number of hydrogen-bond acceptors (Lipinski definition) is 4. The number of hydrazine groups is 1. The molecule has 1 amide bonds. The van der Waals surface area contributed by atoms with Crippen LogP contribution in [0.15, 0.2) is 42.1 Å². The van der Waals surface area contributed by atoms with E-state index in [-0.39, 0.29) is 17.4 Å². The van der Waals surface area contributed by atoms with Crippen molar-refractivity contribution in [2.45, 2.75) is 31.5 Å². The number of allylic oxidation sites excluding steroid dienone is 2. The van der Waals surface area contributed by atoms with Crippen LogP contribution in [0.5, 0.6) is 11.5 Å². The first-order chi connectivity index (χ1) is 11.4. The van der Waals surface area contributed by atoms with Crippen molar-refractivity contribution in [2.75, 3.05) is 6.54 Å². The third-order valence-electron chi connectivity index (χ3n) is 4.45. The number of nitrogens with one attached hydrogen (secondary N) is 1. The van der Waals surface area contributed by atoms with Crippen LogP contribution in [0.25, 0.3) is 0 Å². The van der Waals surface area contributed by atoms with Crippen LogP contribution in [-0.2, 0) is 10.2 Å². The number of fused-ring (bicyclic) bond motifs is 1. The molecule has 2 aliphatic heterocycles. The SMILES string of the molecule is CC1=CC=CN(NC(=O)C2(c3ccc4c(c3)OC(F)(F)O4)CC2)C1. The molecule has 2 heterocycles. The molecule has 7 heteroatoms. The van der Waals surface area contributed by atoms with Crippen molar-refractivity contribution >= 4 is 5.91 Å². The van der Waals surface area contributed by atoms with E-state index >= 15 is 0 Å².